The average Bonchev–Trinajstić information content (AvgIpc) is 2.77. The molecule has 0 unspecified atom stereocenters. The van der Waals surface area contributed by atoms with Gasteiger partial charge in [0.15, 0.2) is 0 Å². The molecule has 0 atom stereocenters. The van der Waals surface area contributed by atoms with Crippen LogP contribution < -0.4 is 4.90 Å². The van der Waals surface area contributed by atoms with Gasteiger partial charge in [0, 0.05) is 18.1 Å². The predicted molar refractivity (Wildman–Crippen MR) is 75.3 cm³/mol. The summed E-state index contributed by atoms with van der Waals surface area (Å²) in [4.78, 5) is 13.3. The summed E-state index contributed by atoms with van der Waals surface area (Å²) in [5.74, 6) is -0.875. The van der Waals surface area contributed by atoms with Gasteiger partial charge in [0.05, 0.1) is 5.69 Å². The molecule has 4 heteroatoms. The minimum Gasteiger partial charge on any atom is -0.477 e. The van der Waals surface area contributed by atoms with Crippen molar-refractivity contribution in [2.24, 2.45) is 0 Å². The van der Waals surface area contributed by atoms with E-state index in [1.54, 1.807) is 6.07 Å². The first-order valence-corrected chi connectivity index (χ1v) is 6.50. The lowest BCUT2D eigenvalue weighted by Gasteiger charge is -2.20. The number of benzene rings is 1. The van der Waals surface area contributed by atoms with Gasteiger partial charge in [0.1, 0.15) is 4.88 Å². The maximum atomic E-state index is 10.9. The molecule has 1 heterocycles. The van der Waals surface area contributed by atoms with E-state index in [9.17, 15) is 4.79 Å². The topological polar surface area (TPSA) is 40.5 Å². The number of carbonyl (C=O) groups is 1. The van der Waals surface area contributed by atoms with E-state index >= 15 is 0 Å². The molecule has 0 saturated carbocycles. The SMILES string of the molecule is Cc1ccc(N(C)c2csc(C(=O)O)c2)c(C)c1. The molecule has 2 aromatic rings. The van der Waals surface area contributed by atoms with Crippen LogP contribution in [0.15, 0.2) is 29.6 Å². The summed E-state index contributed by atoms with van der Waals surface area (Å²) < 4.78 is 0. The fraction of sp³-hybridized carbons (Fsp3) is 0.214. The maximum Gasteiger partial charge on any atom is 0.345 e. The van der Waals surface area contributed by atoms with Gasteiger partial charge in [-0.15, -0.1) is 11.3 Å². The van der Waals surface area contributed by atoms with Crippen LogP contribution in [0.4, 0.5) is 11.4 Å². The van der Waals surface area contributed by atoms with E-state index in [0.717, 1.165) is 11.4 Å². The molecule has 0 fully saturated rings. The van der Waals surface area contributed by atoms with E-state index in [2.05, 4.69) is 32.0 Å². The van der Waals surface area contributed by atoms with Gasteiger partial charge in [-0.25, -0.2) is 4.79 Å². The molecule has 0 spiro atoms. The summed E-state index contributed by atoms with van der Waals surface area (Å²) in [6.45, 7) is 4.12. The predicted octanol–water partition coefficient (Wildman–Crippen LogP) is 3.83. The summed E-state index contributed by atoms with van der Waals surface area (Å²) in [6, 6.07) is 7.94. The summed E-state index contributed by atoms with van der Waals surface area (Å²) in [7, 11) is 1.95. The monoisotopic (exact) mass is 261 g/mol. The van der Waals surface area contributed by atoms with Gasteiger partial charge in [-0.05, 0) is 31.5 Å². The largest absolute Gasteiger partial charge is 0.477 e. The third kappa shape index (κ3) is 2.38. The number of carboxylic acids is 1. The Labute approximate surface area is 110 Å². The van der Waals surface area contributed by atoms with Crippen molar-refractivity contribution >= 4 is 28.7 Å². The van der Waals surface area contributed by atoms with Crippen molar-refractivity contribution < 1.29 is 9.90 Å². The lowest BCUT2D eigenvalue weighted by molar-refractivity contribution is 0.0702. The van der Waals surface area contributed by atoms with Gasteiger partial charge >= 0.3 is 5.97 Å². The molecule has 94 valence electrons. The lowest BCUT2D eigenvalue weighted by atomic mass is 10.1. The molecule has 3 nitrogen and oxygen atoms in total. The van der Waals surface area contributed by atoms with Crippen molar-refractivity contribution in [1.29, 1.82) is 0 Å². The number of nitrogens with zero attached hydrogens (tertiary/aromatic N) is 1. The molecular formula is C14H15NO2S. The quantitative estimate of drug-likeness (QED) is 0.912. The average molecular weight is 261 g/mol. The van der Waals surface area contributed by atoms with Gasteiger partial charge in [-0.2, -0.15) is 0 Å². The maximum absolute atomic E-state index is 10.9. The van der Waals surface area contributed by atoms with E-state index in [-0.39, 0.29) is 0 Å². The number of carboxylic acid groups (broad SMARTS) is 1. The van der Waals surface area contributed by atoms with Crippen LogP contribution in [0.1, 0.15) is 20.8 Å². The second kappa shape index (κ2) is 4.82. The van der Waals surface area contributed by atoms with Crippen molar-refractivity contribution in [3.05, 3.63) is 45.6 Å². The van der Waals surface area contributed by atoms with Crippen molar-refractivity contribution in [2.45, 2.75) is 13.8 Å². The second-order valence-electron chi connectivity index (χ2n) is 4.32. The van der Waals surface area contributed by atoms with Gasteiger partial charge in [-0.1, -0.05) is 17.7 Å². The number of hydrogen-bond acceptors (Lipinski definition) is 3. The molecule has 0 saturated heterocycles. The van der Waals surface area contributed by atoms with E-state index < -0.39 is 5.97 Å². The summed E-state index contributed by atoms with van der Waals surface area (Å²) in [5, 5.41) is 10.8. The standard InChI is InChI=1S/C14H15NO2S/c1-9-4-5-12(10(2)6-9)15(3)11-7-13(14(16)17)18-8-11/h4-8H,1-3H3,(H,16,17). The van der Waals surface area contributed by atoms with Crippen LogP contribution in [-0.4, -0.2) is 18.1 Å². The van der Waals surface area contributed by atoms with E-state index in [1.165, 1.54) is 22.5 Å². The number of thiophene rings is 1. The molecule has 0 bridgehead atoms. The molecular weight excluding hydrogens is 246 g/mol. The summed E-state index contributed by atoms with van der Waals surface area (Å²) in [5.41, 5.74) is 4.40. The molecule has 1 aromatic carbocycles. The number of rotatable bonds is 3. The number of hydrogen-bond donors (Lipinski definition) is 1. The minimum atomic E-state index is -0.875. The smallest absolute Gasteiger partial charge is 0.345 e. The molecule has 1 N–H and O–H groups in total. The summed E-state index contributed by atoms with van der Waals surface area (Å²) >= 11 is 1.25. The Morgan fingerprint density at radius 1 is 1.28 bits per heavy atom. The molecule has 0 aliphatic rings. The third-order valence-corrected chi connectivity index (χ3v) is 3.80. The van der Waals surface area contributed by atoms with Crippen molar-refractivity contribution in [3.63, 3.8) is 0 Å². The molecule has 2 rings (SSSR count). The van der Waals surface area contributed by atoms with E-state index in [4.69, 9.17) is 5.11 Å². The zero-order valence-corrected chi connectivity index (χ0v) is 11.4. The molecule has 0 radical (unpaired) electrons. The van der Waals surface area contributed by atoms with Crippen LogP contribution in [-0.2, 0) is 0 Å². The Balaban J connectivity index is 2.35. The highest BCUT2D eigenvalue weighted by Gasteiger charge is 2.12. The molecule has 0 amide bonds. The van der Waals surface area contributed by atoms with Crippen LogP contribution in [0.3, 0.4) is 0 Å². The Morgan fingerprint density at radius 3 is 2.56 bits per heavy atom. The van der Waals surface area contributed by atoms with Crippen molar-refractivity contribution in [1.82, 2.24) is 0 Å². The summed E-state index contributed by atoms with van der Waals surface area (Å²) in [6.07, 6.45) is 0. The normalized spacial score (nSPS) is 10.4. The Hall–Kier alpha value is -1.81. The van der Waals surface area contributed by atoms with E-state index in [0.29, 0.717) is 4.88 Å². The molecule has 0 aliphatic heterocycles. The van der Waals surface area contributed by atoms with Gasteiger partial charge in [0.2, 0.25) is 0 Å². The zero-order valence-electron chi connectivity index (χ0n) is 10.6. The van der Waals surface area contributed by atoms with Crippen molar-refractivity contribution in [2.75, 3.05) is 11.9 Å². The van der Waals surface area contributed by atoms with Gasteiger partial charge in [0.25, 0.3) is 0 Å². The van der Waals surface area contributed by atoms with Crippen molar-refractivity contribution in [3.8, 4) is 0 Å². The Kier molecular flexibility index (Phi) is 3.39. The lowest BCUT2D eigenvalue weighted by Crippen LogP contribution is -2.10. The fourth-order valence-electron chi connectivity index (χ4n) is 1.94. The van der Waals surface area contributed by atoms with Crippen LogP contribution in [0, 0.1) is 13.8 Å². The first-order valence-electron chi connectivity index (χ1n) is 5.62. The minimum absolute atomic E-state index is 0.363. The fourth-order valence-corrected chi connectivity index (χ4v) is 2.70. The number of aryl methyl sites for hydroxylation is 2. The molecule has 0 aliphatic carbocycles. The van der Waals surface area contributed by atoms with Gasteiger partial charge in [-0.3, -0.25) is 0 Å². The highest BCUT2D eigenvalue weighted by atomic mass is 32.1. The first-order chi connectivity index (χ1) is 8.49. The second-order valence-corrected chi connectivity index (χ2v) is 5.23. The molecule has 1 aromatic heterocycles. The van der Waals surface area contributed by atoms with Crippen LogP contribution in [0.2, 0.25) is 0 Å². The van der Waals surface area contributed by atoms with Crippen LogP contribution in [0.5, 0.6) is 0 Å². The van der Waals surface area contributed by atoms with Gasteiger partial charge < -0.3 is 10.0 Å². The number of aromatic carboxylic acids is 1. The van der Waals surface area contributed by atoms with E-state index in [1.807, 2.05) is 17.3 Å². The third-order valence-electron chi connectivity index (χ3n) is 2.90. The Morgan fingerprint density at radius 2 is 2.00 bits per heavy atom. The zero-order chi connectivity index (χ0) is 13.3. The highest BCUT2D eigenvalue weighted by Crippen LogP contribution is 2.30. The highest BCUT2D eigenvalue weighted by molar-refractivity contribution is 7.12. The molecule has 18 heavy (non-hydrogen) atoms. The first kappa shape index (κ1) is 12.6. The van der Waals surface area contributed by atoms with Crippen LogP contribution in [0.25, 0.3) is 0 Å². The Bertz CT molecular complexity index is 589. The number of anilines is 2. The van der Waals surface area contributed by atoms with Crippen LogP contribution >= 0.6 is 11.3 Å².